The summed E-state index contributed by atoms with van der Waals surface area (Å²) >= 11 is 0. The second-order valence-electron chi connectivity index (χ2n) is 11.4. The van der Waals surface area contributed by atoms with E-state index in [0.717, 1.165) is 41.5 Å². The average molecular weight is 464 g/mol. The maximum atomic E-state index is 5.94. The van der Waals surface area contributed by atoms with Crippen molar-refractivity contribution in [3.8, 4) is 5.75 Å². The molecule has 0 bridgehead atoms. The Morgan fingerprint density at radius 3 is 2.15 bits per heavy atom. The van der Waals surface area contributed by atoms with Gasteiger partial charge in [0.1, 0.15) is 11.4 Å². The first-order chi connectivity index (χ1) is 16.1. The smallest absolute Gasteiger partial charge is 0.139 e. The molecule has 0 saturated heterocycles. The summed E-state index contributed by atoms with van der Waals surface area (Å²) < 4.78 is 7.98. The second kappa shape index (κ2) is 11.8. The normalized spacial score (nSPS) is 12.3. The van der Waals surface area contributed by atoms with Crippen LogP contribution in [0.15, 0.2) is 48.8 Å². The fourth-order valence-corrected chi connectivity index (χ4v) is 4.11. The van der Waals surface area contributed by atoms with Crippen molar-refractivity contribution in [2.24, 2.45) is 10.8 Å². The van der Waals surface area contributed by atoms with Gasteiger partial charge in [-0.05, 0) is 60.9 Å². The molecule has 0 amide bonds. The van der Waals surface area contributed by atoms with Crippen LogP contribution in [0.2, 0.25) is 0 Å². The van der Waals surface area contributed by atoms with Gasteiger partial charge in [-0.2, -0.15) is 0 Å². The molecule has 0 unspecified atom stereocenters. The third kappa shape index (κ3) is 7.78. The van der Waals surface area contributed by atoms with Gasteiger partial charge in [-0.3, -0.25) is 0 Å². The van der Waals surface area contributed by atoms with E-state index in [-0.39, 0.29) is 0 Å². The maximum Gasteiger partial charge on any atom is 0.139 e. The zero-order valence-corrected chi connectivity index (χ0v) is 22.3. The minimum Gasteiger partial charge on any atom is -0.494 e. The number of anilines is 2. The molecule has 0 aliphatic carbocycles. The Morgan fingerprint density at radius 2 is 1.47 bits per heavy atom. The molecule has 0 saturated carbocycles. The van der Waals surface area contributed by atoms with Crippen molar-refractivity contribution in [3.05, 3.63) is 54.5 Å². The lowest BCUT2D eigenvalue weighted by atomic mass is 9.67. The van der Waals surface area contributed by atoms with E-state index >= 15 is 0 Å². The molecular formula is C30H45N3O. The molecule has 0 fully saturated rings. The predicted octanol–water partition coefficient (Wildman–Crippen LogP) is 8.96. The number of pyridine rings is 1. The van der Waals surface area contributed by atoms with Gasteiger partial charge in [0, 0.05) is 29.8 Å². The quantitative estimate of drug-likeness (QED) is 0.257. The van der Waals surface area contributed by atoms with Gasteiger partial charge in [0.05, 0.1) is 12.3 Å². The summed E-state index contributed by atoms with van der Waals surface area (Å²) in [5.74, 6) is 0.936. The Kier molecular flexibility index (Phi) is 9.04. The van der Waals surface area contributed by atoms with Crippen molar-refractivity contribution in [2.45, 2.75) is 92.9 Å². The molecule has 0 aliphatic heterocycles. The molecule has 186 valence electrons. The molecule has 0 radical (unpaired) electrons. The summed E-state index contributed by atoms with van der Waals surface area (Å²) in [5, 5.41) is 3.44. The number of aryl methyl sites for hydroxylation is 1. The van der Waals surface area contributed by atoms with Gasteiger partial charge in [-0.15, -0.1) is 0 Å². The zero-order valence-electron chi connectivity index (χ0n) is 22.3. The molecule has 4 heteroatoms. The van der Waals surface area contributed by atoms with Crippen LogP contribution in [0.1, 0.15) is 91.7 Å². The highest BCUT2D eigenvalue weighted by Crippen LogP contribution is 2.41. The van der Waals surface area contributed by atoms with Gasteiger partial charge >= 0.3 is 0 Å². The van der Waals surface area contributed by atoms with Crippen LogP contribution in [-0.4, -0.2) is 16.0 Å². The van der Waals surface area contributed by atoms with Crippen molar-refractivity contribution in [1.82, 2.24) is 9.38 Å². The summed E-state index contributed by atoms with van der Waals surface area (Å²) in [4.78, 5) is 4.52. The number of hydrogen-bond acceptors (Lipinski definition) is 3. The lowest BCUT2D eigenvalue weighted by Crippen LogP contribution is -2.29. The highest BCUT2D eigenvalue weighted by Gasteiger charge is 2.31. The topological polar surface area (TPSA) is 38.6 Å². The molecular weight excluding hydrogens is 418 g/mol. The lowest BCUT2D eigenvalue weighted by Gasteiger charge is -2.39. The first-order valence-corrected chi connectivity index (χ1v) is 13.1. The Hall–Kier alpha value is -2.49. The Bertz CT molecular complexity index is 1010. The van der Waals surface area contributed by atoms with Gasteiger partial charge in [0.25, 0.3) is 0 Å². The number of benzene rings is 1. The molecule has 2 heterocycles. The molecule has 0 spiro atoms. The molecule has 2 aromatic heterocycles. The van der Waals surface area contributed by atoms with E-state index in [1.54, 1.807) is 0 Å². The van der Waals surface area contributed by atoms with E-state index in [1.165, 1.54) is 44.9 Å². The Balaban J connectivity index is 1.26. The summed E-state index contributed by atoms with van der Waals surface area (Å²) in [6.45, 7) is 14.7. The van der Waals surface area contributed by atoms with Gasteiger partial charge in [0.2, 0.25) is 0 Å². The molecule has 0 aliphatic rings. The molecule has 0 atom stereocenters. The Labute approximate surface area is 207 Å². The van der Waals surface area contributed by atoms with Crippen LogP contribution in [0.4, 0.5) is 11.4 Å². The van der Waals surface area contributed by atoms with Crippen LogP contribution in [0.25, 0.3) is 5.65 Å². The minimum absolute atomic E-state index is 0.388. The monoisotopic (exact) mass is 463 g/mol. The van der Waals surface area contributed by atoms with E-state index in [1.807, 2.05) is 35.9 Å². The molecule has 1 aromatic carbocycles. The van der Waals surface area contributed by atoms with Crippen molar-refractivity contribution in [1.29, 1.82) is 0 Å². The summed E-state index contributed by atoms with van der Waals surface area (Å²) in [5.41, 5.74) is 4.86. The van der Waals surface area contributed by atoms with Crippen LogP contribution < -0.4 is 10.1 Å². The number of fused-ring (bicyclic) bond motifs is 1. The second-order valence-corrected chi connectivity index (χ2v) is 11.4. The highest BCUT2D eigenvalue weighted by molar-refractivity contribution is 5.64. The molecule has 3 rings (SSSR count). The zero-order chi connectivity index (χ0) is 24.6. The van der Waals surface area contributed by atoms with E-state index < -0.39 is 0 Å². The first-order valence-electron chi connectivity index (χ1n) is 13.1. The Morgan fingerprint density at radius 1 is 0.824 bits per heavy atom. The van der Waals surface area contributed by atoms with Gasteiger partial charge in [-0.25, -0.2) is 4.98 Å². The first kappa shape index (κ1) is 26.1. The average Bonchev–Trinajstić information content (AvgIpc) is 3.14. The molecule has 34 heavy (non-hydrogen) atoms. The van der Waals surface area contributed by atoms with E-state index in [4.69, 9.17) is 4.74 Å². The maximum absolute atomic E-state index is 5.94. The summed E-state index contributed by atoms with van der Waals surface area (Å²) in [7, 11) is 0. The number of aromatic nitrogens is 2. The SMILES string of the molecule is Cc1cn2ccc(Nc3ccc(OCCCCCCCCCC(C)(C)C(C)(C)C)cc3)cc2n1. The van der Waals surface area contributed by atoms with Crippen molar-refractivity contribution in [3.63, 3.8) is 0 Å². The van der Waals surface area contributed by atoms with Gasteiger partial charge < -0.3 is 14.5 Å². The number of ether oxygens (including phenoxy) is 1. The van der Waals surface area contributed by atoms with Crippen molar-refractivity contribution < 1.29 is 4.74 Å². The third-order valence-corrected chi connectivity index (χ3v) is 7.47. The van der Waals surface area contributed by atoms with E-state index in [9.17, 15) is 0 Å². The molecule has 3 aromatic rings. The number of imidazole rings is 1. The number of nitrogens with one attached hydrogen (secondary N) is 1. The fourth-order valence-electron chi connectivity index (χ4n) is 4.11. The van der Waals surface area contributed by atoms with Crippen LogP contribution in [-0.2, 0) is 0 Å². The summed E-state index contributed by atoms with van der Waals surface area (Å²) in [6.07, 6.45) is 14.5. The van der Waals surface area contributed by atoms with Crippen LogP contribution >= 0.6 is 0 Å². The van der Waals surface area contributed by atoms with E-state index in [0.29, 0.717) is 10.8 Å². The molecule has 1 N–H and O–H groups in total. The largest absolute Gasteiger partial charge is 0.494 e. The standard InChI is InChI=1S/C30H45N3O/c1-24-23-33-20-18-26(22-28(33)31-24)32-25-14-16-27(17-15-25)34-21-13-11-9-7-8-10-12-19-30(5,6)29(2,3)4/h14-18,20,22-23,32H,7-13,19,21H2,1-6H3. The fraction of sp³-hybridized carbons (Fsp3) is 0.567. The summed E-state index contributed by atoms with van der Waals surface area (Å²) in [6, 6.07) is 12.3. The highest BCUT2D eigenvalue weighted by atomic mass is 16.5. The van der Waals surface area contributed by atoms with E-state index in [2.05, 4.69) is 69.2 Å². The van der Waals surface area contributed by atoms with Crippen LogP contribution in [0, 0.1) is 17.8 Å². The van der Waals surface area contributed by atoms with Crippen molar-refractivity contribution >= 4 is 17.0 Å². The number of hydrogen-bond donors (Lipinski definition) is 1. The number of nitrogens with zero attached hydrogens (tertiary/aromatic N) is 2. The van der Waals surface area contributed by atoms with Crippen molar-refractivity contribution in [2.75, 3.05) is 11.9 Å². The van der Waals surface area contributed by atoms with Crippen LogP contribution in [0.5, 0.6) is 5.75 Å². The minimum atomic E-state index is 0.388. The van der Waals surface area contributed by atoms with Gasteiger partial charge in [-0.1, -0.05) is 73.1 Å². The predicted molar refractivity (Wildman–Crippen MR) is 145 cm³/mol. The third-order valence-electron chi connectivity index (χ3n) is 7.47. The van der Waals surface area contributed by atoms with Gasteiger partial charge in [0.15, 0.2) is 0 Å². The lowest BCUT2D eigenvalue weighted by molar-refractivity contribution is 0.115. The number of rotatable bonds is 13. The molecule has 4 nitrogen and oxygen atoms in total. The number of unbranched alkanes of at least 4 members (excludes halogenated alkanes) is 6. The van der Waals surface area contributed by atoms with Crippen LogP contribution in [0.3, 0.4) is 0 Å².